The Balaban J connectivity index is 1.92. The minimum Gasteiger partial charge on any atom is -0.302 e. The average molecular weight is 300 g/mol. The van der Waals surface area contributed by atoms with E-state index >= 15 is 0 Å². The maximum atomic E-state index is 5.03. The van der Waals surface area contributed by atoms with Crippen molar-refractivity contribution in [1.82, 2.24) is 9.88 Å². The lowest BCUT2D eigenvalue weighted by atomic mass is 9.99. The summed E-state index contributed by atoms with van der Waals surface area (Å²) < 4.78 is 0. The molecule has 4 rings (SSSR count). The smallest absolute Gasteiger partial charge is 0.0787 e. The summed E-state index contributed by atoms with van der Waals surface area (Å²) in [7, 11) is 2.17. The normalized spacial score (nSPS) is 15.6. The topological polar surface area (TPSA) is 16.1 Å². The largest absolute Gasteiger partial charge is 0.302 e. The highest BCUT2D eigenvalue weighted by Gasteiger charge is 2.14. The van der Waals surface area contributed by atoms with Gasteiger partial charge in [0.1, 0.15) is 0 Å². The van der Waals surface area contributed by atoms with Gasteiger partial charge in [-0.05, 0) is 30.5 Å². The molecule has 0 unspecified atom stereocenters. The molecule has 2 heteroatoms. The fraction of sp³-hybridized carbons (Fsp3) is 0.190. The van der Waals surface area contributed by atoms with Crippen LogP contribution in [0.5, 0.6) is 0 Å². The zero-order valence-corrected chi connectivity index (χ0v) is 13.4. The van der Waals surface area contributed by atoms with Gasteiger partial charge < -0.3 is 4.90 Å². The van der Waals surface area contributed by atoms with Gasteiger partial charge in [-0.25, -0.2) is 4.98 Å². The van der Waals surface area contributed by atoms with Gasteiger partial charge in [-0.15, -0.1) is 0 Å². The predicted molar refractivity (Wildman–Crippen MR) is 97.3 cm³/mol. The summed E-state index contributed by atoms with van der Waals surface area (Å²) in [5, 5.41) is 2.47. The van der Waals surface area contributed by atoms with Gasteiger partial charge in [0.25, 0.3) is 0 Å². The zero-order valence-electron chi connectivity index (χ0n) is 13.4. The van der Waals surface area contributed by atoms with Crippen molar-refractivity contribution in [2.45, 2.75) is 6.42 Å². The molecule has 0 spiro atoms. The van der Waals surface area contributed by atoms with Crippen molar-refractivity contribution in [3.05, 3.63) is 72.4 Å². The Morgan fingerprint density at radius 1 is 0.957 bits per heavy atom. The number of nitrogens with zero attached hydrogens (tertiary/aromatic N) is 2. The molecule has 2 nitrogen and oxygen atoms in total. The Hall–Kier alpha value is -2.45. The van der Waals surface area contributed by atoms with Crippen LogP contribution in [0.2, 0.25) is 0 Å². The number of rotatable bonds is 2. The van der Waals surface area contributed by atoms with E-state index in [1.54, 1.807) is 0 Å². The van der Waals surface area contributed by atoms with Crippen molar-refractivity contribution < 1.29 is 0 Å². The van der Waals surface area contributed by atoms with Gasteiger partial charge in [0, 0.05) is 24.0 Å². The number of fused-ring (bicyclic) bond motifs is 1. The average Bonchev–Trinajstić information content (AvgIpc) is 2.61. The van der Waals surface area contributed by atoms with E-state index in [4.69, 9.17) is 4.98 Å². The van der Waals surface area contributed by atoms with Crippen LogP contribution in [0.25, 0.3) is 27.6 Å². The maximum absolute atomic E-state index is 5.03. The van der Waals surface area contributed by atoms with Crippen LogP contribution < -0.4 is 0 Å². The number of hydrogen-bond acceptors (Lipinski definition) is 2. The highest BCUT2D eigenvalue weighted by Crippen LogP contribution is 2.30. The summed E-state index contributed by atoms with van der Waals surface area (Å²) in [5.41, 5.74) is 4.69. The minimum absolute atomic E-state index is 0.972. The van der Waals surface area contributed by atoms with Gasteiger partial charge in [0.15, 0.2) is 0 Å². The first-order valence-electron chi connectivity index (χ1n) is 8.14. The first kappa shape index (κ1) is 14.2. The molecule has 0 atom stereocenters. The first-order valence-corrected chi connectivity index (χ1v) is 8.14. The Morgan fingerprint density at radius 3 is 2.57 bits per heavy atom. The van der Waals surface area contributed by atoms with E-state index in [0.29, 0.717) is 0 Å². The second-order valence-corrected chi connectivity index (χ2v) is 6.20. The van der Waals surface area contributed by atoms with E-state index in [9.17, 15) is 0 Å². The van der Waals surface area contributed by atoms with E-state index in [-0.39, 0.29) is 0 Å². The van der Waals surface area contributed by atoms with Crippen LogP contribution in [0.1, 0.15) is 12.1 Å². The van der Waals surface area contributed by atoms with Crippen LogP contribution in [0, 0.1) is 0 Å². The summed E-state index contributed by atoms with van der Waals surface area (Å²) in [6.45, 7) is 2.10. The van der Waals surface area contributed by atoms with Crippen molar-refractivity contribution in [1.29, 1.82) is 0 Å². The Bertz CT molecular complexity index is 865. The van der Waals surface area contributed by atoms with E-state index in [0.717, 1.165) is 30.9 Å². The van der Waals surface area contributed by atoms with Crippen LogP contribution in [-0.2, 0) is 0 Å². The standard InChI is InChI=1S/C21H20N2/c1-23-13-7-11-18(15-23)20-14-17-10-5-6-12-19(17)21(22-20)16-8-3-2-4-9-16/h2-6,8-12,14H,7,13,15H2,1H3. The highest BCUT2D eigenvalue weighted by atomic mass is 15.1. The Kier molecular flexibility index (Phi) is 3.68. The number of benzene rings is 2. The third-order valence-electron chi connectivity index (χ3n) is 4.46. The Labute approximate surface area is 137 Å². The summed E-state index contributed by atoms with van der Waals surface area (Å²) in [4.78, 5) is 7.39. The Morgan fingerprint density at radius 2 is 1.74 bits per heavy atom. The SMILES string of the molecule is CN1CCC=C(c2cc3ccccc3c(-c3ccccc3)n2)C1. The van der Waals surface area contributed by atoms with Gasteiger partial charge in [-0.2, -0.15) is 0 Å². The van der Waals surface area contributed by atoms with Crippen LogP contribution >= 0.6 is 0 Å². The molecule has 0 amide bonds. The van der Waals surface area contributed by atoms with E-state index < -0.39 is 0 Å². The summed E-state index contributed by atoms with van der Waals surface area (Å²) in [5.74, 6) is 0. The molecule has 114 valence electrons. The minimum atomic E-state index is 0.972. The predicted octanol–water partition coefficient (Wildman–Crippen LogP) is 4.62. The lowest BCUT2D eigenvalue weighted by Gasteiger charge is -2.23. The molecule has 1 aliphatic heterocycles. The monoisotopic (exact) mass is 300 g/mol. The van der Waals surface area contributed by atoms with Crippen molar-refractivity contribution in [2.75, 3.05) is 20.1 Å². The second-order valence-electron chi connectivity index (χ2n) is 6.20. The van der Waals surface area contributed by atoms with Crippen LogP contribution in [-0.4, -0.2) is 30.0 Å². The molecule has 23 heavy (non-hydrogen) atoms. The molecule has 0 radical (unpaired) electrons. The number of likely N-dealkylation sites (N-methyl/N-ethyl adjacent to an activating group) is 1. The molecule has 1 aliphatic rings. The fourth-order valence-electron chi connectivity index (χ4n) is 3.26. The van der Waals surface area contributed by atoms with E-state index in [1.807, 2.05) is 6.07 Å². The molecule has 0 bridgehead atoms. The zero-order chi connectivity index (χ0) is 15.6. The first-order chi connectivity index (χ1) is 11.3. The van der Waals surface area contributed by atoms with Crippen LogP contribution in [0.4, 0.5) is 0 Å². The van der Waals surface area contributed by atoms with Crippen LogP contribution in [0.15, 0.2) is 66.7 Å². The third kappa shape index (κ3) is 2.78. The number of hydrogen-bond donors (Lipinski definition) is 0. The van der Waals surface area contributed by atoms with Gasteiger partial charge in [0.05, 0.1) is 11.4 Å². The second kappa shape index (κ2) is 5.98. The molecule has 0 saturated heterocycles. The number of aromatic nitrogens is 1. The van der Waals surface area contributed by atoms with E-state index in [1.165, 1.54) is 21.9 Å². The molecule has 2 heterocycles. The van der Waals surface area contributed by atoms with Gasteiger partial charge in [-0.3, -0.25) is 0 Å². The van der Waals surface area contributed by atoms with Crippen molar-refractivity contribution >= 4 is 16.3 Å². The van der Waals surface area contributed by atoms with Crippen molar-refractivity contribution in [3.8, 4) is 11.3 Å². The van der Waals surface area contributed by atoms with Gasteiger partial charge >= 0.3 is 0 Å². The molecule has 2 aromatic carbocycles. The summed E-state index contributed by atoms with van der Waals surface area (Å²) >= 11 is 0. The lowest BCUT2D eigenvalue weighted by Crippen LogP contribution is -2.25. The third-order valence-corrected chi connectivity index (χ3v) is 4.46. The summed E-state index contributed by atoms with van der Waals surface area (Å²) in [6.07, 6.45) is 3.44. The maximum Gasteiger partial charge on any atom is 0.0787 e. The lowest BCUT2D eigenvalue weighted by molar-refractivity contribution is 0.372. The molecule has 0 saturated carbocycles. The number of pyridine rings is 1. The summed E-state index contributed by atoms with van der Waals surface area (Å²) in [6, 6.07) is 21.2. The van der Waals surface area contributed by atoms with Crippen molar-refractivity contribution in [3.63, 3.8) is 0 Å². The molecule has 0 aliphatic carbocycles. The van der Waals surface area contributed by atoms with E-state index in [2.05, 4.69) is 72.6 Å². The molecule has 0 fully saturated rings. The highest BCUT2D eigenvalue weighted by molar-refractivity contribution is 5.96. The van der Waals surface area contributed by atoms with Gasteiger partial charge in [0.2, 0.25) is 0 Å². The molecule has 3 aromatic rings. The van der Waals surface area contributed by atoms with Crippen LogP contribution in [0.3, 0.4) is 0 Å². The van der Waals surface area contributed by atoms with Crippen molar-refractivity contribution in [2.24, 2.45) is 0 Å². The fourth-order valence-corrected chi connectivity index (χ4v) is 3.26. The molecule has 0 N–H and O–H groups in total. The molecular weight excluding hydrogens is 280 g/mol. The molecular formula is C21H20N2. The molecule has 1 aromatic heterocycles. The van der Waals surface area contributed by atoms with Gasteiger partial charge in [-0.1, -0.05) is 60.7 Å². The quantitative estimate of drug-likeness (QED) is 0.686.